The number of carbonyl (C=O) groups is 1. The molecule has 25 heavy (non-hydrogen) atoms. The van der Waals surface area contributed by atoms with Gasteiger partial charge < -0.3 is 20.6 Å². The molecule has 2 rings (SSSR count). The zero-order chi connectivity index (χ0) is 18.2. The van der Waals surface area contributed by atoms with Gasteiger partial charge in [0.25, 0.3) is 0 Å². The predicted octanol–water partition coefficient (Wildman–Crippen LogP) is 1.59. The Morgan fingerprint density at radius 3 is 2.92 bits per heavy atom. The van der Waals surface area contributed by atoms with E-state index in [0.717, 1.165) is 30.6 Å². The lowest BCUT2D eigenvalue weighted by molar-refractivity contribution is -0.129. The first-order valence-corrected chi connectivity index (χ1v) is 9.10. The molecule has 138 valence electrons. The van der Waals surface area contributed by atoms with E-state index in [2.05, 4.69) is 15.6 Å². The second-order valence-corrected chi connectivity index (χ2v) is 6.47. The van der Waals surface area contributed by atoms with Crippen LogP contribution in [-0.4, -0.2) is 54.1 Å². The molecule has 2 unspecified atom stereocenters. The Hall–Kier alpha value is -2.08. The zero-order valence-corrected chi connectivity index (χ0v) is 15.5. The van der Waals surface area contributed by atoms with Gasteiger partial charge in [0, 0.05) is 32.1 Å². The first-order chi connectivity index (χ1) is 12.0. The topological polar surface area (TPSA) is 77.0 Å². The number of rotatable bonds is 6. The van der Waals surface area contributed by atoms with E-state index in [4.69, 9.17) is 0 Å². The number of carbonyl (C=O) groups excluding carboxylic acids is 1. The van der Waals surface area contributed by atoms with Gasteiger partial charge in [-0.1, -0.05) is 36.8 Å². The minimum atomic E-state index is -0.628. The maximum absolute atomic E-state index is 11.8. The molecule has 2 atom stereocenters. The summed E-state index contributed by atoms with van der Waals surface area (Å²) in [5, 5.41) is 16.9. The summed E-state index contributed by atoms with van der Waals surface area (Å²) in [6.07, 6.45) is 0.831. The standard InChI is InChI=1S/C19H30N4O2/c1-4-18(25)23-10-9-16(13-23)22-19(20-5-2)21-12-17(24)15-8-6-7-14(3)11-15/h6-8,11,16-17,24H,4-5,9-10,12-13H2,1-3H3,(H2,20,21,22). The van der Waals surface area contributed by atoms with E-state index < -0.39 is 6.10 Å². The first-order valence-electron chi connectivity index (χ1n) is 9.10. The third-order valence-corrected chi connectivity index (χ3v) is 4.38. The largest absolute Gasteiger partial charge is 0.386 e. The molecule has 3 N–H and O–H groups in total. The van der Waals surface area contributed by atoms with E-state index in [1.807, 2.05) is 49.9 Å². The van der Waals surface area contributed by atoms with E-state index in [1.54, 1.807) is 0 Å². The fraction of sp³-hybridized carbons (Fsp3) is 0.579. The Morgan fingerprint density at radius 2 is 2.24 bits per heavy atom. The van der Waals surface area contributed by atoms with Crippen molar-refractivity contribution in [2.24, 2.45) is 4.99 Å². The van der Waals surface area contributed by atoms with Crippen LogP contribution in [0.25, 0.3) is 0 Å². The predicted molar refractivity (Wildman–Crippen MR) is 101 cm³/mol. The SMILES string of the molecule is CCNC(=NCC(O)c1cccc(C)c1)NC1CCN(C(=O)CC)C1. The van der Waals surface area contributed by atoms with Crippen LogP contribution in [0.5, 0.6) is 0 Å². The summed E-state index contributed by atoms with van der Waals surface area (Å²) in [5.41, 5.74) is 2.00. The normalized spacial score (nSPS) is 19.0. The Bertz CT molecular complexity index is 603. The van der Waals surface area contributed by atoms with Crippen LogP contribution in [0.4, 0.5) is 0 Å². The van der Waals surface area contributed by atoms with Crippen molar-refractivity contribution in [3.05, 3.63) is 35.4 Å². The molecular weight excluding hydrogens is 316 g/mol. The molecule has 1 fully saturated rings. The number of aryl methyl sites for hydroxylation is 1. The van der Waals surface area contributed by atoms with E-state index >= 15 is 0 Å². The molecule has 1 heterocycles. The smallest absolute Gasteiger partial charge is 0.222 e. The van der Waals surface area contributed by atoms with Crippen LogP contribution in [0.2, 0.25) is 0 Å². The summed E-state index contributed by atoms with van der Waals surface area (Å²) in [7, 11) is 0. The van der Waals surface area contributed by atoms with Crippen molar-refractivity contribution in [1.82, 2.24) is 15.5 Å². The number of hydrogen-bond acceptors (Lipinski definition) is 3. The van der Waals surface area contributed by atoms with Gasteiger partial charge in [-0.2, -0.15) is 0 Å². The number of aliphatic imine (C=N–C) groups is 1. The number of nitrogens with one attached hydrogen (secondary N) is 2. The lowest BCUT2D eigenvalue weighted by atomic mass is 10.1. The molecule has 0 radical (unpaired) electrons. The Morgan fingerprint density at radius 1 is 1.44 bits per heavy atom. The molecule has 1 aromatic carbocycles. The molecule has 1 saturated heterocycles. The molecular formula is C19H30N4O2. The van der Waals surface area contributed by atoms with Crippen LogP contribution in [-0.2, 0) is 4.79 Å². The second-order valence-electron chi connectivity index (χ2n) is 6.47. The summed E-state index contributed by atoms with van der Waals surface area (Å²) in [4.78, 5) is 18.2. The third kappa shape index (κ3) is 5.74. The molecule has 1 aliphatic rings. The number of hydrogen-bond donors (Lipinski definition) is 3. The van der Waals surface area contributed by atoms with E-state index in [-0.39, 0.29) is 11.9 Å². The third-order valence-electron chi connectivity index (χ3n) is 4.38. The minimum Gasteiger partial charge on any atom is -0.386 e. The molecule has 6 nitrogen and oxygen atoms in total. The van der Waals surface area contributed by atoms with Crippen LogP contribution < -0.4 is 10.6 Å². The van der Waals surface area contributed by atoms with E-state index in [9.17, 15) is 9.90 Å². The van der Waals surface area contributed by atoms with Gasteiger partial charge in [-0.15, -0.1) is 0 Å². The number of likely N-dealkylation sites (tertiary alicyclic amines) is 1. The van der Waals surface area contributed by atoms with E-state index in [1.165, 1.54) is 0 Å². The van der Waals surface area contributed by atoms with Crippen LogP contribution in [0.15, 0.2) is 29.3 Å². The van der Waals surface area contributed by atoms with E-state index in [0.29, 0.717) is 25.5 Å². The highest BCUT2D eigenvalue weighted by Gasteiger charge is 2.25. The van der Waals surface area contributed by atoms with Gasteiger partial charge in [0.15, 0.2) is 5.96 Å². The molecule has 1 amide bonds. The molecule has 1 aliphatic heterocycles. The van der Waals surface area contributed by atoms with Crippen molar-refractivity contribution in [1.29, 1.82) is 0 Å². The summed E-state index contributed by atoms with van der Waals surface area (Å²) in [6, 6.07) is 8.04. The van der Waals surface area contributed by atoms with Crippen molar-refractivity contribution >= 4 is 11.9 Å². The Balaban J connectivity index is 1.93. The maximum Gasteiger partial charge on any atom is 0.222 e. The second kappa shape index (κ2) is 9.42. The summed E-state index contributed by atoms with van der Waals surface area (Å²) >= 11 is 0. The van der Waals surface area contributed by atoms with Crippen LogP contribution >= 0.6 is 0 Å². The minimum absolute atomic E-state index is 0.195. The summed E-state index contributed by atoms with van der Waals surface area (Å²) < 4.78 is 0. The van der Waals surface area contributed by atoms with Gasteiger partial charge >= 0.3 is 0 Å². The highest BCUT2D eigenvalue weighted by atomic mass is 16.3. The zero-order valence-electron chi connectivity index (χ0n) is 15.5. The van der Waals surface area contributed by atoms with Crippen molar-refractivity contribution in [3.8, 4) is 0 Å². The molecule has 0 bridgehead atoms. The Kier molecular flexibility index (Phi) is 7.25. The van der Waals surface area contributed by atoms with Crippen LogP contribution in [0, 0.1) is 6.92 Å². The number of benzene rings is 1. The molecule has 0 aliphatic carbocycles. The lowest BCUT2D eigenvalue weighted by Crippen LogP contribution is -2.45. The first kappa shape index (κ1) is 19.2. The lowest BCUT2D eigenvalue weighted by Gasteiger charge is -2.19. The van der Waals surface area contributed by atoms with Crippen molar-refractivity contribution in [2.45, 2.75) is 45.8 Å². The average Bonchev–Trinajstić information content (AvgIpc) is 3.07. The number of amides is 1. The van der Waals surface area contributed by atoms with Gasteiger partial charge in [0.05, 0.1) is 12.6 Å². The van der Waals surface area contributed by atoms with Gasteiger partial charge in [0.2, 0.25) is 5.91 Å². The van der Waals surface area contributed by atoms with Crippen molar-refractivity contribution in [3.63, 3.8) is 0 Å². The highest BCUT2D eigenvalue weighted by molar-refractivity contribution is 5.80. The monoisotopic (exact) mass is 346 g/mol. The molecule has 0 aromatic heterocycles. The van der Waals surface area contributed by atoms with Crippen molar-refractivity contribution in [2.75, 3.05) is 26.2 Å². The van der Waals surface area contributed by atoms with Crippen LogP contribution in [0.1, 0.15) is 43.9 Å². The number of aliphatic hydroxyl groups is 1. The molecule has 0 saturated carbocycles. The fourth-order valence-corrected chi connectivity index (χ4v) is 3.00. The van der Waals surface area contributed by atoms with Crippen molar-refractivity contribution < 1.29 is 9.90 Å². The number of nitrogens with zero attached hydrogens (tertiary/aromatic N) is 2. The fourth-order valence-electron chi connectivity index (χ4n) is 3.00. The van der Waals surface area contributed by atoms with Gasteiger partial charge in [0.1, 0.15) is 0 Å². The maximum atomic E-state index is 11.8. The van der Waals surface area contributed by atoms with Gasteiger partial charge in [-0.05, 0) is 25.8 Å². The van der Waals surface area contributed by atoms with Crippen LogP contribution in [0.3, 0.4) is 0 Å². The average molecular weight is 346 g/mol. The molecule has 6 heteroatoms. The molecule has 0 spiro atoms. The highest BCUT2D eigenvalue weighted by Crippen LogP contribution is 2.15. The molecule has 1 aromatic rings. The quantitative estimate of drug-likeness (QED) is 0.540. The summed E-state index contributed by atoms with van der Waals surface area (Å²) in [6.45, 7) is 8.44. The Labute approximate surface area is 150 Å². The summed E-state index contributed by atoms with van der Waals surface area (Å²) in [5.74, 6) is 0.881. The number of guanidine groups is 1. The van der Waals surface area contributed by atoms with Gasteiger partial charge in [-0.25, -0.2) is 0 Å². The van der Waals surface area contributed by atoms with Gasteiger partial charge in [-0.3, -0.25) is 9.79 Å². The number of aliphatic hydroxyl groups excluding tert-OH is 1.